The highest BCUT2D eigenvalue weighted by molar-refractivity contribution is 5.28. The Kier molecular flexibility index (Phi) is 4.25. The maximum atomic E-state index is 9.62. The van der Waals surface area contributed by atoms with Crippen LogP contribution in [-0.4, -0.2) is 30.9 Å². The van der Waals surface area contributed by atoms with E-state index in [1.165, 1.54) is 18.4 Å². The highest BCUT2D eigenvalue weighted by atomic mass is 16.5. The molecule has 18 heavy (non-hydrogen) atoms. The summed E-state index contributed by atoms with van der Waals surface area (Å²) < 4.78 is 5.87. The first-order chi connectivity index (χ1) is 8.74. The number of aryl methyl sites for hydroxylation is 1. The summed E-state index contributed by atoms with van der Waals surface area (Å²) in [5.74, 6) is 1.44. The van der Waals surface area contributed by atoms with Crippen LogP contribution in [0.1, 0.15) is 25.3 Å². The van der Waals surface area contributed by atoms with Crippen molar-refractivity contribution in [1.29, 1.82) is 0 Å². The van der Waals surface area contributed by atoms with Crippen LogP contribution in [0, 0.1) is 5.92 Å². The van der Waals surface area contributed by atoms with Crippen LogP contribution in [0.5, 0.6) is 5.75 Å². The number of aliphatic hydroxyl groups is 1. The number of rotatable bonds is 7. The van der Waals surface area contributed by atoms with Gasteiger partial charge in [0, 0.05) is 0 Å². The maximum Gasteiger partial charge on any atom is 0.119 e. The van der Waals surface area contributed by atoms with Gasteiger partial charge in [0.05, 0.1) is 12.1 Å². The number of hydrogen-bond donors (Lipinski definition) is 2. The average molecular weight is 249 g/mol. The summed E-state index contributed by atoms with van der Waals surface area (Å²) in [7, 11) is 1.90. The van der Waals surface area contributed by atoms with Gasteiger partial charge in [0.25, 0.3) is 0 Å². The molecule has 1 fully saturated rings. The normalized spacial score (nSPS) is 18.4. The Bertz CT molecular complexity index is 384. The molecule has 0 bridgehead atoms. The maximum absolute atomic E-state index is 9.62. The first-order valence-electron chi connectivity index (χ1n) is 6.75. The molecule has 3 nitrogen and oxygen atoms in total. The Morgan fingerprint density at radius 1 is 1.44 bits per heavy atom. The van der Waals surface area contributed by atoms with Crippen molar-refractivity contribution in [3.05, 3.63) is 29.8 Å². The first kappa shape index (κ1) is 13.4. The van der Waals surface area contributed by atoms with E-state index in [-0.39, 0.29) is 12.1 Å². The number of hydrogen-bond acceptors (Lipinski definition) is 3. The van der Waals surface area contributed by atoms with E-state index in [4.69, 9.17) is 4.74 Å². The molecule has 0 heterocycles. The highest BCUT2D eigenvalue weighted by Crippen LogP contribution is 2.39. The van der Waals surface area contributed by atoms with Gasteiger partial charge in [-0.25, -0.2) is 0 Å². The zero-order valence-corrected chi connectivity index (χ0v) is 11.3. The van der Waals surface area contributed by atoms with E-state index in [9.17, 15) is 5.11 Å². The summed E-state index contributed by atoms with van der Waals surface area (Å²) in [6.07, 6.45) is 3.37. The van der Waals surface area contributed by atoms with Crippen molar-refractivity contribution < 1.29 is 9.84 Å². The molecule has 1 aromatic rings. The summed E-state index contributed by atoms with van der Waals surface area (Å²) in [5, 5.41) is 12.9. The molecule has 0 aliphatic heterocycles. The summed E-state index contributed by atoms with van der Waals surface area (Å²) in [6, 6.07) is 8.17. The minimum atomic E-state index is -0.276. The fourth-order valence-corrected chi connectivity index (χ4v) is 2.35. The standard InChI is InChI=1S/C15H23NO2/c1-3-12-5-4-6-14(9-12)18-11-15(10-17,16-2)13-7-8-13/h4-6,9,13,16-17H,3,7-8,10-11H2,1-2H3. The third-order valence-electron chi connectivity index (χ3n) is 3.94. The van der Waals surface area contributed by atoms with E-state index in [2.05, 4.69) is 24.4 Å². The monoisotopic (exact) mass is 249 g/mol. The summed E-state index contributed by atoms with van der Waals surface area (Å²) in [6.45, 7) is 2.79. The zero-order chi connectivity index (χ0) is 13.0. The van der Waals surface area contributed by atoms with Gasteiger partial charge in [0.2, 0.25) is 0 Å². The molecule has 1 aliphatic rings. The van der Waals surface area contributed by atoms with Gasteiger partial charge in [-0.2, -0.15) is 0 Å². The van der Waals surface area contributed by atoms with Gasteiger partial charge in [-0.05, 0) is 49.9 Å². The minimum Gasteiger partial charge on any atom is -0.492 e. The predicted molar refractivity (Wildman–Crippen MR) is 72.9 cm³/mol. The molecule has 0 saturated heterocycles. The fraction of sp³-hybridized carbons (Fsp3) is 0.600. The number of likely N-dealkylation sites (N-methyl/N-ethyl adjacent to an activating group) is 1. The lowest BCUT2D eigenvalue weighted by Crippen LogP contribution is -2.53. The Morgan fingerprint density at radius 2 is 2.22 bits per heavy atom. The molecule has 3 heteroatoms. The number of aliphatic hydroxyl groups excluding tert-OH is 1. The van der Waals surface area contributed by atoms with Gasteiger partial charge >= 0.3 is 0 Å². The number of nitrogens with one attached hydrogen (secondary N) is 1. The first-order valence-corrected chi connectivity index (χ1v) is 6.75. The Labute approximate surface area is 109 Å². The molecule has 1 saturated carbocycles. The van der Waals surface area contributed by atoms with Crippen LogP contribution in [0.25, 0.3) is 0 Å². The molecule has 2 N–H and O–H groups in total. The van der Waals surface area contributed by atoms with Crippen LogP contribution in [-0.2, 0) is 6.42 Å². The van der Waals surface area contributed by atoms with Crippen LogP contribution in [0.4, 0.5) is 0 Å². The van der Waals surface area contributed by atoms with E-state index >= 15 is 0 Å². The van der Waals surface area contributed by atoms with E-state index in [0.29, 0.717) is 12.5 Å². The Hall–Kier alpha value is -1.06. The molecule has 0 radical (unpaired) electrons. The van der Waals surface area contributed by atoms with E-state index in [1.807, 2.05) is 19.2 Å². The van der Waals surface area contributed by atoms with Gasteiger partial charge < -0.3 is 15.2 Å². The van der Waals surface area contributed by atoms with E-state index in [1.54, 1.807) is 0 Å². The lowest BCUT2D eigenvalue weighted by Gasteiger charge is -2.31. The molecule has 1 unspecified atom stereocenters. The second kappa shape index (κ2) is 5.72. The van der Waals surface area contributed by atoms with Crippen molar-refractivity contribution in [3.63, 3.8) is 0 Å². The zero-order valence-electron chi connectivity index (χ0n) is 11.3. The lowest BCUT2D eigenvalue weighted by atomic mass is 9.95. The van der Waals surface area contributed by atoms with Gasteiger partial charge in [-0.15, -0.1) is 0 Å². The van der Waals surface area contributed by atoms with E-state index < -0.39 is 0 Å². The largest absolute Gasteiger partial charge is 0.492 e. The van der Waals surface area contributed by atoms with Crippen molar-refractivity contribution in [1.82, 2.24) is 5.32 Å². The molecular weight excluding hydrogens is 226 g/mol. The van der Waals surface area contributed by atoms with Gasteiger partial charge in [-0.1, -0.05) is 19.1 Å². The van der Waals surface area contributed by atoms with Crippen LogP contribution in [0.15, 0.2) is 24.3 Å². The predicted octanol–water partition coefficient (Wildman–Crippen LogP) is 1.99. The minimum absolute atomic E-state index is 0.127. The van der Waals surface area contributed by atoms with Crippen molar-refractivity contribution in [3.8, 4) is 5.75 Å². The lowest BCUT2D eigenvalue weighted by molar-refractivity contribution is 0.0914. The second-order valence-corrected chi connectivity index (χ2v) is 5.13. The SMILES string of the molecule is CCc1cccc(OCC(CO)(NC)C2CC2)c1. The molecule has 1 aromatic carbocycles. The van der Waals surface area contributed by atoms with Gasteiger partial charge in [0.1, 0.15) is 12.4 Å². The Balaban J connectivity index is 2.00. The molecule has 1 aliphatic carbocycles. The van der Waals surface area contributed by atoms with Gasteiger partial charge in [0.15, 0.2) is 0 Å². The Morgan fingerprint density at radius 3 is 2.78 bits per heavy atom. The quantitative estimate of drug-likeness (QED) is 0.776. The second-order valence-electron chi connectivity index (χ2n) is 5.13. The average Bonchev–Trinajstić information content (AvgIpc) is 3.26. The van der Waals surface area contributed by atoms with Crippen molar-refractivity contribution >= 4 is 0 Å². The molecular formula is C15H23NO2. The van der Waals surface area contributed by atoms with Crippen LogP contribution in [0.3, 0.4) is 0 Å². The highest BCUT2D eigenvalue weighted by Gasteiger charge is 2.44. The summed E-state index contributed by atoms with van der Waals surface area (Å²) in [5.41, 5.74) is 1.00. The molecule has 0 aromatic heterocycles. The number of benzene rings is 1. The van der Waals surface area contributed by atoms with Crippen molar-refractivity contribution in [2.45, 2.75) is 31.7 Å². The third kappa shape index (κ3) is 2.85. The van der Waals surface area contributed by atoms with Crippen LogP contribution >= 0.6 is 0 Å². The van der Waals surface area contributed by atoms with Crippen LogP contribution < -0.4 is 10.1 Å². The van der Waals surface area contributed by atoms with Crippen molar-refractivity contribution in [2.75, 3.05) is 20.3 Å². The molecule has 0 amide bonds. The summed E-state index contributed by atoms with van der Waals surface area (Å²) >= 11 is 0. The smallest absolute Gasteiger partial charge is 0.119 e. The third-order valence-corrected chi connectivity index (χ3v) is 3.94. The molecule has 0 spiro atoms. The van der Waals surface area contributed by atoms with Crippen molar-refractivity contribution in [2.24, 2.45) is 5.92 Å². The number of ether oxygens (including phenoxy) is 1. The van der Waals surface area contributed by atoms with E-state index in [0.717, 1.165) is 12.2 Å². The molecule has 1 atom stereocenters. The summed E-state index contributed by atoms with van der Waals surface area (Å²) in [4.78, 5) is 0. The fourth-order valence-electron chi connectivity index (χ4n) is 2.35. The molecule has 100 valence electrons. The topological polar surface area (TPSA) is 41.5 Å². The van der Waals surface area contributed by atoms with Gasteiger partial charge in [-0.3, -0.25) is 0 Å². The molecule has 2 rings (SSSR count). The van der Waals surface area contributed by atoms with Crippen LogP contribution in [0.2, 0.25) is 0 Å².